The topological polar surface area (TPSA) is 88.5 Å². The first kappa shape index (κ1) is 20.3. The van der Waals surface area contributed by atoms with Crippen molar-refractivity contribution >= 4 is 23.1 Å². The number of anilines is 4. The van der Waals surface area contributed by atoms with Gasteiger partial charge in [-0.3, -0.25) is 0 Å². The fourth-order valence-electron chi connectivity index (χ4n) is 2.50. The maximum Gasteiger partial charge on any atom is 0.229 e. The van der Waals surface area contributed by atoms with Gasteiger partial charge in [0.25, 0.3) is 0 Å². The van der Waals surface area contributed by atoms with Crippen LogP contribution in [-0.4, -0.2) is 34.4 Å². The van der Waals surface area contributed by atoms with Crippen LogP contribution in [0.5, 0.6) is 11.5 Å². The van der Waals surface area contributed by atoms with E-state index in [-0.39, 0.29) is 31.1 Å². The van der Waals surface area contributed by atoms with E-state index in [1.54, 1.807) is 48.5 Å². The highest BCUT2D eigenvalue weighted by Crippen LogP contribution is 2.24. The summed E-state index contributed by atoms with van der Waals surface area (Å²) in [5.41, 5.74) is 1.34. The summed E-state index contributed by atoms with van der Waals surface area (Å²) in [6, 6.07) is 14.3. The maximum absolute atomic E-state index is 14.2. The van der Waals surface area contributed by atoms with Crippen LogP contribution >= 0.6 is 0 Å². The third-order valence-corrected chi connectivity index (χ3v) is 3.68. The average Bonchev–Trinajstić information content (AvgIpc) is 2.70. The third-order valence-electron chi connectivity index (χ3n) is 3.68. The summed E-state index contributed by atoms with van der Waals surface area (Å²) < 4.78 is 25.1. The molecule has 0 bridgehead atoms. The van der Waals surface area contributed by atoms with Crippen molar-refractivity contribution in [3.8, 4) is 11.5 Å². The molecule has 0 unspecified atom stereocenters. The molecule has 0 saturated carbocycles. The zero-order valence-corrected chi connectivity index (χ0v) is 16.2. The summed E-state index contributed by atoms with van der Waals surface area (Å²) in [5.74, 6) is 1.03. The highest BCUT2D eigenvalue weighted by atomic mass is 19.1. The molecule has 3 rings (SSSR count). The van der Waals surface area contributed by atoms with Crippen molar-refractivity contribution in [2.45, 2.75) is 20.0 Å². The second-order valence-electron chi connectivity index (χ2n) is 6.43. The molecule has 1 heterocycles. The number of hydrogen-bond acceptors (Lipinski definition) is 7. The molecular formula is C21H23FN4O3. The van der Waals surface area contributed by atoms with Crippen LogP contribution in [0.3, 0.4) is 0 Å². The minimum Gasteiger partial charge on any atom is -0.491 e. The Morgan fingerprint density at radius 2 is 1.83 bits per heavy atom. The maximum atomic E-state index is 14.2. The van der Waals surface area contributed by atoms with E-state index in [0.717, 1.165) is 11.9 Å². The molecule has 1 aromatic heterocycles. The summed E-state index contributed by atoms with van der Waals surface area (Å²) in [4.78, 5) is 8.18. The molecule has 0 aliphatic carbocycles. The number of halogens is 1. The number of ether oxygens (including phenoxy) is 2. The van der Waals surface area contributed by atoms with E-state index >= 15 is 0 Å². The molecular weight excluding hydrogens is 375 g/mol. The second kappa shape index (κ2) is 9.70. The van der Waals surface area contributed by atoms with Gasteiger partial charge >= 0.3 is 0 Å². The highest BCUT2D eigenvalue weighted by Gasteiger charge is 2.09. The van der Waals surface area contributed by atoms with Crippen LogP contribution in [0.4, 0.5) is 27.5 Å². The molecule has 0 amide bonds. The summed E-state index contributed by atoms with van der Waals surface area (Å²) in [6.07, 6.45) is 1.18. The Morgan fingerprint density at radius 1 is 1.03 bits per heavy atom. The van der Waals surface area contributed by atoms with E-state index in [0.29, 0.717) is 17.1 Å². The lowest BCUT2D eigenvalue weighted by molar-refractivity contribution is 0.201. The molecule has 0 fully saturated rings. The van der Waals surface area contributed by atoms with Gasteiger partial charge in [0.15, 0.2) is 11.6 Å². The third kappa shape index (κ3) is 6.05. The Morgan fingerprint density at radius 3 is 2.55 bits per heavy atom. The van der Waals surface area contributed by atoms with Gasteiger partial charge in [0.05, 0.1) is 18.9 Å². The monoisotopic (exact) mass is 398 g/mol. The molecule has 0 aliphatic heterocycles. The number of nitrogens with one attached hydrogen (secondary N) is 2. The van der Waals surface area contributed by atoms with Crippen molar-refractivity contribution in [1.29, 1.82) is 0 Å². The van der Waals surface area contributed by atoms with Crippen LogP contribution in [0.1, 0.15) is 13.8 Å². The fourth-order valence-corrected chi connectivity index (χ4v) is 2.50. The molecule has 0 spiro atoms. The predicted octanol–water partition coefficient (Wildman–Crippen LogP) is 4.26. The molecule has 8 heteroatoms. The zero-order chi connectivity index (χ0) is 20.6. The number of aliphatic hydroxyl groups is 1. The molecule has 3 N–H and O–H groups in total. The van der Waals surface area contributed by atoms with Crippen molar-refractivity contribution < 1.29 is 19.0 Å². The van der Waals surface area contributed by atoms with Gasteiger partial charge < -0.3 is 25.2 Å². The van der Waals surface area contributed by atoms with Gasteiger partial charge in [-0.2, -0.15) is 4.98 Å². The van der Waals surface area contributed by atoms with Crippen LogP contribution in [0.25, 0.3) is 0 Å². The van der Waals surface area contributed by atoms with Gasteiger partial charge in [-0.15, -0.1) is 0 Å². The number of hydrogen-bond donors (Lipinski definition) is 3. The number of nitrogens with zero attached hydrogens (tertiary/aromatic N) is 2. The molecule has 0 atom stereocenters. The van der Waals surface area contributed by atoms with Crippen molar-refractivity contribution in [3.05, 3.63) is 60.5 Å². The summed E-state index contributed by atoms with van der Waals surface area (Å²) in [5, 5.41) is 14.8. The van der Waals surface area contributed by atoms with Crippen LogP contribution < -0.4 is 20.1 Å². The Kier molecular flexibility index (Phi) is 6.80. The van der Waals surface area contributed by atoms with Crippen molar-refractivity contribution in [2.75, 3.05) is 23.8 Å². The van der Waals surface area contributed by atoms with E-state index in [1.165, 1.54) is 0 Å². The molecule has 0 saturated heterocycles. The SMILES string of the molecule is CC(C)Oc1ccc(Nc2nc(Nc3cccc(OCCO)c3)ncc2F)cc1. The normalized spacial score (nSPS) is 10.7. The second-order valence-corrected chi connectivity index (χ2v) is 6.43. The van der Waals surface area contributed by atoms with Crippen LogP contribution in [-0.2, 0) is 0 Å². The lowest BCUT2D eigenvalue weighted by Crippen LogP contribution is -2.06. The minimum absolute atomic E-state index is 0.0488. The van der Waals surface area contributed by atoms with Gasteiger partial charge in [-0.05, 0) is 50.2 Å². The molecule has 0 radical (unpaired) electrons. The van der Waals surface area contributed by atoms with E-state index < -0.39 is 5.82 Å². The number of benzene rings is 2. The zero-order valence-electron chi connectivity index (χ0n) is 16.2. The smallest absolute Gasteiger partial charge is 0.229 e. The number of aliphatic hydroxyl groups excluding tert-OH is 1. The average molecular weight is 398 g/mol. The van der Waals surface area contributed by atoms with Gasteiger partial charge in [-0.1, -0.05) is 6.07 Å². The van der Waals surface area contributed by atoms with Crippen molar-refractivity contribution in [1.82, 2.24) is 9.97 Å². The summed E-state index contributed by atoms with van der Waals surface area (Å²) >= 11 is 0. The lowest BCUT2D eigenvalue weighted by Gasteiger charge is -2.12. The number of rotatable bonds is 9. The van der Waals surface area contributed by atoms with Gasteiger partial charge in [0.1, 0.15) is 18.1 Å². The Labute approximate surface area is 168 Å². The van der Waals surface area contributed by atoms with Gasteiger partial charge in [-0.25, -0.2) is 9.37 Å². The van der Waals surface area contributed by atoms with Crippen LogP contribution in [0, 0.1) is 5.82 Å². The standard InChI is InChI=1S/C21H23FN4O3/c1-14(2)29-17-8-6-15(7-9-17)24-20-19(22)13-23-21(26-20)25-16-4-3-5-18(12-16)28-11-10-27/h3-9,12-14,27H,10-11H2,1-2H3,(H2,23,24,25,26). The Hall–Kier alpha value is -3.39. The molecule has 7 nitrogen and oxygen atoms in total. The van der Waals surface area contributed by atoms with Crippen LogP contribution in [0.2, 0.25) is 0 Å². The first-order chi connectivity index (χ1) is 14.0. The first-order valence-electron chi connectivity index (χ1n) is 9.20. The van der Waals surface area contributed by atoms with E-state index in [1.807, 2.05) is 13.8 Å². The predicted molar refractivity (Wildman–Crippen MR) is 110 cm³/mol. The number of aromatic nitrogens is 2. The Bertz CT molecular complexity index is 935. The molecule has 2 aromatic carbocycles. The molecule has 29 heavy (non-hydrogen) atoms. The lowest BCUT2D eigenvalue weighted by atomic mass is 10.3. The summed E-state index contributed by atoms with van der Waals surface area (Å²) in [6.45, 7) is 4.03. The molecule has 152 valence electrons. The van der Waals surface area contributed by atoms with E-state index in [4.69, 9.17) is 14.6 Å². The largest absolute Gasteiger partial charge is 0.491 e. The Balaban J connectivity index is 1.71. The quantitative estimate of drug-likeness (QED) is 0.496. The first-order valence-corrected chi connectivity index (χ1v) is 9.20. The fraction of sp³-hybridized carbons (Fsp3) is 0.238. The molecule has 3 aromatic rings. The van der Waals surface area contributed by atoms with E-state index in [2.05, 4.69) is 20.6 Å². The van der Waals surface area contributed by atoms with Crippen LogP contribution in [0.15, 0.2) is 54.7 Å². The van der Waals surface area contributed by atoms with Gasteiger partial charge in [0, 0.05) is 17.4 Å². The van der Waals surface area contributed by atoms with E-state index in [9.17, 15) is 4.39 Å². The van der Waals surface area contributed by atoms with Crippen molar-refractivity contribution in [3.63, 3.8) is 0 Å². The summed E-state index contributed by atoms with van der Waals surface area (Å²) in [7, 11) is 0. The van der Waals surface area contributed by atoms with Crippen molar-refractivity contribution in [2.24, 2.45) is 0 Å². The minimum atomic E-state index is -0.571. The molecule has 0 aliphatic rings. The van der Waals surface area contributed by atoms with Gasteiger partial charge in [0.2, 0.25) is 5.95 Å². The highest BCUT2D eigenvalue weighted by molar-refractivity contribution is 5.61.